The van der Waals surface area contributed by atoms with Crippen molar-refractivity contribution >= 4 is 46.6 Å². The monoisotopic (exact) mass is 314 g/mol. The Labute approximate surface area is 125 Å². The SMILES string of the molecule is Cc1nc(NC(=O)Nc2cc(Cl)c(N)c(Cl)c2)oc1C. The highest BCUT2D eigenvalue weighted by Crippen LogP contribution is 2.31. The maximum Gasteiger partial charge on any atom is 0.327 e. The Morgan fingerprint density at radius 3 is 2.35 bits per heavy atom. The number of amides is 2. The first-order chi connectivity index (χ1) is 9.36. The van der Waals surface area contributed by atoms with Gasteiger partial charge in [-0.2, -0.15) is 4.98 Å². The predicted octanol–water partition coefficient (Wildman–Crippen LogP) is 3.82. The molecule has 6 nitrogen and oxygen atoms in total. The second-order valence-electron chi connectivity index (χ2n) is 4.09. The molecule has 2 rings (SSSR count). The van der Waals surface area contributed by atoms with Crippen molar-refractivity contribution < 1.29 is 9.21 Å². The van der Waals surface area contributed by atoms with E-state index in [1.807, 2.05) is 0 Å². The first-order valence-corrected chi connectivity index (χ1v) is 6.39. The highest BCUT2D eigenvalue weighted by atomic mass is 35.5. The molecule has 20 heavy (non-hydrogen) atoms. The predicted molar refractivity (Wildman–Crippen MR) is 79.5 cm³/mol. The van der Waals surface area contributed by atoms with E-state index in [9.17, 15) is 4.79 Å². The fourth-order valence-corrected chi connectivity index (χ4v) is 1.93. The Morgan fingerprint density at radius 1 is 1.25 bits per heavy atom. The number of urea groups is 1. The zero-order valence-electron chi connectivity index (χ0n) is 10.8. The lowest BCUT2D eigenvalue weighted by molar-refractivity contribution is 0.261. The number of carbonyl (C=O) groups is 1. The molecule has 1 aromatic heterocycles. The van der Waals surface area contributed by atoms with E-state index in [0.717, 1.165) is 0 Å². The van der Waals surface area contributed by atoms with E-state index in [1.165, 1.54) is 12.1 Å². The van der Waals surface area contributed by atoms with E-state index >= 15 is 0 Å². The summed E-state index contributed by atoms with van der Waals surface area (Å²) in [7, 11) is 0. The first kappa shape index (κ1) is 14.5. The van der Waals surface area contributed by atoms with Crippen LogP contribution in [0.5, 0.6) is 0 Å². The Kier molecular flexibility index (Phi) is 4.06. The number of nitrogens with one attached hydrogen (secondary N) is 2. The number of anilines is 3. The normalized spacial score (nSPS) is 10.4. The fraction of sp³-hybridized carbons (Fsp3) is 0.167. The summed E-state index contributed by atoms with van der Waals surface area (Å²) >= 11 is 11.7. The van der Waals surface area contributed by atoms with Crippen molar-refractivity contribution in [1.29, 1.82) is 0 Å². The van der Waals surface area contributed by atoms with Crippen LogP contribution in [0.15, 0.2) is 16.5 Å². The Morgan fingerprint density at radius 2 is 1.85 bits per heavy atom. The molecule has 106 valence electrons. The number of halogens is 2. The molecule has 4 N–H and O–H groups in total. The van der Waals surface area contributed by atoms with Crippen molar-refractivity contribution in [2.24, 2.45) is 0 Å². The molecule has 2 amide bonds. The summed E-state index contributed by atoms with van der Waals surface area (Å²) in [6.07, 6.45) is 0. The molecule has 0 spiro atoms. The van der Waals surface area contributed by atoms with Gasteiger partial charge in [0.1, 0.15) is 5.76 Å². The molecule has 1 heterocycles. The van der Waals surface area contributed by atoms with Crippen molar-refractivity contribution in [3.63, 3.8) is 0 Å². The van der Waals surface area contributed by atoms with Gasteiger partial charge in [-0.3, -0.25) is 5.32 Å². The van der Waals surface area contributed by atoms with Crippen LogP contribution in [0.3, 0.4) is 0 Å². The Balaban J connectivity index is 2.08. The molecular weight excluding hydrogens is 303 g/mol. The van der Waals surface area contributed by atoms with Gasteiger partial charge >= 0.3 is 12.0 Å². The van der Waals surface area contributed by atoms with Crippen LogP contribution < -0.4 is 16.4 Å². The lowest BCUT2D eigenvalue weighted by Gasteiger charge is -2.08. The van der Waals surface area contributed by atoms with Gasteiger partial charge in [0.15, 0.2) is 0 Å². The minimum absolute atomic E-state index is 0.116. The van der Waals surface area contributed by atoms with Gasteiger partial charge in [-0.05, 0) is 26.0 Å². The average Bonchev–Trinajstić information content (AvgIpc) is 2.64. The summed E-state index contributed by atoms with van der Waals surface area (Å²) in [5.74, 6) is 0.638. The molecule has 0 unspecified atom stereocenters. The summed E-state index contributed by atoms with van der Waals surface area (Å²) in [5.41, 5.74) is 6.99. The van der Waals surface area contributed by atoms with Crippen LogP contribution in [0.4, 0.5) is 22.2 Å². The van der Waals surface area contributed by atoms with Gasteiger partial charge in [-0.1, -0.05) is 23.2 Å². The largest absolute Gasteiger partial charge is 0.428 e. The zero-order valence-corrected chi connectivity index (χ0v) is 12.3. The molecule has 0 aliphatic carbocycles. The molecule has 0 fully saturated rings. The molecule has 0 aliphatic rings. The van der Waals surface area contributed by atoms with Crippen LogP contribution in [-0.4, -0.2) is 11.0 Å². The number of aryl methyl sites for hydroxylation is 2. The van der Waals surface area contributed by atoms with E-state index in [0.29, 0.717) is 17.1 Å². The first-order valence-electron chi connectivity index (χ1n) is 5.63. The number of hydrogen-bond acceptors (Lipinski definition) is 4. The van der Waals surface area contributed by atoms with Gasteiger partial charge in [0.2, 0.25) is 0 Å². The maximum absolute atomic E-state index is 11.8. The number of rotatable bonds is 2. The number of benzene rings is 1. The third kappa shape index (κ3) is 3.15. The van der Waals surface area contributed by atoms with E-state index in [4.69, 9.17) is 33.4 Å². The zero-order chi connectivity index (χ0) is 14.9. The Hall–Kier alpha value is -1.92. The molecular formula is C12H12Cl2N4O2. The number of nitrogen functional groups attached to an aromatic ring is 1. The van der Waals surface area contributed by atoms with Crippen molar-refractivity contribution in [1.82, 2.24) is 4.98 Å². The third-order valence-electron chi connectivity index (χ3n) is 2.59. The second kappa shape index (κ2) is 5.60. The molecule has 0 bridgehead atoms. The molecule has 8 heteroatoms. The maximum atomic E-state index is 11.8. The number of oxazole rings is 1. The summed E-state index contributed by atoms with van der Waals surface area (Å²) < 4.78 is 5.23. The third-order valence-corrected chi connectivity index (χ3v) is 3.21. The molecule has 1 aromatic carbocycles. The number of hydrogen-bond donors (Lipinski definition) is 3. The van der Waals surface area contributed by atoms with Crippen LogP contribution in [0, 0.1) is 13.8 Å². The van der Waals surface area contributed by atoms with Crippen LogP contribution in [0.25, 0.3) is 0 Å². The number of nitrogens with two attached hydrogens (primary N) is 1. The fourth-order valence-electron chi connectivity index (χ4n) is 1.44. The van der Waals surface area contributed by atoms with Crippen molar-refractivity contribution in [2.75, 3.05) is 16.4 Å². The average molecular weight is 315 g/mol. The van der Waals surface area contributed by atoms with Crippen LogP contribution in [0.2, 0.25) is 10.0 Å². The van der Waals surface area contributed by atoms with Crippen molar-refractivity contribution in [3.8, 4) is 0 Å². The summed E-state index contributed by atoms with van der Waals surface area (Å²) in [5, 5.41) is 5.53. The molecule has 0 aliphatic heterocycles. The van der Waals surface area contributed by atoms with E-state index in [-0.39, 0.29) is 21.7 Å². The molecule has 0 saturated carbocycles. The van der Waals surface area contributed by atoms with Gasteiger partial charge in [0, 0.05) is 5.69 Å². The van der Waals surface area contributed by atoms with Crippen molar-refractivity contribution in [2.45, 2.75) is 13.8 Å². The number of aromatic nitrogens is 1. The van der Waals surface area contributed by atoms with E-state index in [2.05, 4.69) is 15.6 Å². The van der Waals surface area contributed by atoms with Gasteiger partial charge in [-0.15, -0.1) is 0 Å². The summed E-state index contributed by atoms with van der Waals surface area (Å²) in [6.45, 7) is 3.53. The van der Waals surface area contributed by atoms with E-state index < -0.39 is 6.03 Å². The number of nitrogens with zero attached hydrogens (tertiary/aromatic N) is 1. The van der Waals surface area contributed by atoms with Gasteiger partial charge in [0.25, 0.3) is 0 Å². The van der Waals surface area contributed by atoms with Crippen LogP contribution in [0.1, 0.15) is 11.5 Å². The topological polar surface area (TPSA) is 93.2 Å². The lowest BCUT2D eigenvalue weighted by Crippen LogP contribution is -2.19. The molecule has 0 atom stereocenters. The summed E-state index contributed by atoms with van der Waals surface area (Å²) in [4.78, 5) is 15.8. The summed E-state index contributed by atoms with van der Waals surface area (Å²) in [6, 6.07) is 2.58. The smallest absolute Gasteiger partial charge is 0.327 e. The molecule has 2 aromatic rings. The van der Waals surface area contributed by atoms with Gasteiger partial charge in [-0.25, -0.2) is 4.79 Å². The molecule has 0 saturated heterocycles. The quantitative estimate of drug-likeness (QED) is 0.734. The minimum Gasteiger partial charge on any atom is -0.428 e. The van der Waals surface area contributed by atoms with Gasteiger partial charge < -0.3 is 15.5 Å². The second-order valence-corrected chi connectivity index (χ2v) is 4.91. The van der Waals surface area contributed by atoms with Crippen LogP contribution in [-0.2, 0) is 0 Å². The minimum atomic E-state index is -0.525. The van der Waals surface area contributed by atoms with E-state index in [1.54, 1.807) is 13.8 Å². The Bertz CT molecular complexity index is 627. The lowest BCUT2D eigenvalue weighted by atomic mass is 10.3. The van der Waals surface area contributed by atoms with Gasteiger partial charge in [0.05, 0.1) is 21.4 Å². The molecule has 0 radical (unpaired) electrons. The number of carbonyl (C=O) groups excluding carboxylic acids is 1. The standard InChI is InChI=1S/C12H12Cl2N4O2/c1-5-6(2)20-12(16-5)18-11(19)17-7-3-8(13)10(15)9(14)4-7/h3-4H,15H2,1-2H3,(H2,16,17,18,19). The van der Waals surface area contributed by atoms with Crippen molar-refractivity contribution in [3.05, 3.63) is 33.6 Å². The van der Waals surface area contributed by atoms with Crippen LogP contribution >= 0.6 is 23.2 Å². The highest BCUT2D eigenvalue weighted by molar-refractivity contribution is 6.39. The highest BCUT2D eigenvalue weighted by Gasteiger charge is 2.11.